The van der Waals surface area contributed by atoms with Crippen molar-refractivity contribution in [3.63, 3.8) is 0 Å². The van der Waals surface area contributed by atoms with Crippen LogP contribution in [0, 0.1) is 5.82 Å². The van der Waals surface area contributed by atoms with Gasteiger partial charge in [0, 0.05) is 29.2 Å². The average molecular weight is 375 g/mol. The number of hydrogen-bond acceptors (Lipinski definition) is 5. The number of benzene rings is 1. The zero-order valence-electron chi connectivity index (χ0n) is 13.6. The van der Waals surface area contributed by atoms with Gasteiger partial charge in [0.25, 0.3) is 0 Å². The first-order valence-corrected chi connectivity index (χ1v) is 10.1. The summed E-state index contributed by atoms with van der Waals surface area (Å²) in [7, 11) is 0. The molecule has 4 rings (SSSR count). The van der Waals surface area contributed by atoms with E-state index >= 15 is 0 Å². The molecule has 0 aliphatic heterocycles. The summed E-state index contributed by atoms with van der Waals surface area (Å²) < 4.78 is 21.0. The maximum absolute atomic E-state index is 13.1. The van der Waals surface area contributed by atoms with E-state index in [-0.39, 0.29) is 5.82 Å². The molecule has 0 bridgehead atoms. The molecule has 3 aromatic rings. The van der Waals surface area contributed by atoms with Crippen LogP contribution in [0.15, 0.2) is 46.9 Å². The molecule has 25 heavy (non-hydrogen) atoms. The Labute approximate surface area is 154 Å². The third-order valence-corrected chi connectivity index (χ3v) is 5.72. The van der Waals surface area contributed by atoms with Gasteiger partial charge in [0.15, 0.2) is 5.16 Å². The summed E-state index contributed by atoms with van der Waals surface area (Å²) in [6.07, 6.45) is 3.23. The molecule has 4 nitrogen and oxygen atoms in total. The Morgan fingerprint density at radius 3 is 2.92 bits per heavy atom. The summed E-state index contributed by atoms with van der Waals surface area (Å²) in [5.74, 6) is 2.07. The van der Waals surface area contributed by atoms with Crippen LogP contribution in [0.4, 0.5) is 4.39 Å². The highest BCUT2D eigenvalue weighted by atomic mass is 32.2. The topological polar surface area (TPSA) is 39.9 Å². The van der Waals surface area contributed by atoms with E-state index in [1.165, 1.54) is 29.9 Å². The second kappa shape index (κ2) is 7.58. The molecular weight excluding hydrogens is 357 g/mol. The predicted molar refractivity (Wildman–Crippen MR) is 98.0 cm³/mol. The molecule has 1 saturated carbocycles. The Morgan fingerprint density at radius 2 is 2.16 bits per heavy atom. The van der Waals surface area contributed by atoms with Crippen molar-refractivity contribution in [2.24, 2.45) is 0 Å². The summed E-state index contributed by atoms with van der Waals surface area (Å²) in [5, 5.41) is 11.8. The lowest BCUT2D eigenvalue weighted by Crippen LogP contribution is -2.05. The van der Waals surface area contributed by atoms with E-state index in [2.05, 4.69) is 32.3 Å². The number of rotatable bonds is 8. The van der Waals surface area contributed by atoms with Gasteiger partial charge in [-0.3, -0.25) is 0 Å². The molecule has 0 unspecified atom stereocenters. The van der Waals surface area contributed by atoms with E-state index in [1.54, 1.807) is 35.2 Å². The highest BCUT2D eigenvalue weighted by molar-refractivity contribution is 7.99. The van der Waals surface area contributed by atoms with Crippen LogP contribution in [0.1, 0.15) is 29.6 Å². The summed E-state index contributed by atoms with van der Waals surface area (Å²) in [6.45, 7) is 0.506. The van der Waals surface area contributed by atoms with Crippen molar-refractivity contribution in [2.45, 2.75) is 30.5 Å². The Kier molecular flexibility index (Phi) is 5.03. The molecule has 0 atom stereocenters. The van der Waals surface area contributed by atoms with Gasteiger partial charge in [0.1, 0.15) is 17.4 Å². The lowest BCUT2D eigenvalue weighted by molar-refractivity contribution is 0.341. The van der Waals surface area contributed by atoms with E-state index in [1.807, 2.05) is 0 Å². The first kappa shape index (κ1) is 16.6. The minimum Gasteiger partial charge on any atom is -0.493 e. The van der Waals surface area contributed by atoms with Gasteiger partial charge in [0.2, 0.25) is 0 Å². The fourth-order valence-corrected chi connectivity index (χ4v) is 4.19. The lowest BCUT2D eigenvalue weighted by Gasteiger charge is -2.09. The number of aromatic nitrogens is 3. The van der Waals surface area contributed by atoms with Crippen molar-refractivity contribution < 1.29 is 9.13 Å². The number of nitrogens with zero attached hydrogens (tertiary/aromatic N) is 3. The van der Waals surface area contributed by atoms with Crippen molar-refractivity contribution in [1.82, 2.24) is 14.8 Å². The number of halogens is 1. The van der Waals surface area contributed by atoms with Crippen LogP contribution in [-0.4, -0.2) is 27.1 Å². The van der Waals surface area contributed by atoms with Gasteiger partial charge >= 0.3 is 0 Å². The van der Waals surface area contributed by atoms with E-state index in [4.69, 9.17) is 4.74 Å². The van der Waals surface area contributed by atoms with Crippen LogP contribution in [0.3, 0.4) is 0 Å². The molecule has 2 heterocycles. The second-order valence-electron chi connectivity index (χ2n) is 5.91. The van der Waals surface area contributed by atoms with Gasteiger partial charge in [-0.15, -0.1) is 21.5 Å². The maximum Gasteiger partial charge on any atom is 0.191 e. The molecule has 2 aromatic heterocycles. The Morgan fingerprint density at radius 1 is 1.24 bits per heavy atom. The van der Waals surface area contributed by atoms with Crippen molar-refractivity contribution in [3.05, 3.63) is 58.3 Å². The molecule has 7 heteroatoms. The van der Waals surface area contributed by atoms with Crippen molar-refractivity contribution in [1.29, 1.82) is 0 Å². The van der Waals surface area contributed by atoms with Crippen LogP contribution in [-0.2, 0) is 6.42 Å². The van der Waals surface area contributed by atoms with Crippen molar-refractivity contribution >= 4 is 23.1 Å². The third-order valence-electron chi connectivity index (χ3n) is 3.94. The first-order valence-electron chi connectivity index (χ1n) is 8.27. The van der Waals surface area contributed by atoms with Gasteiger partial charge in [-0.05, 0) is 36.4 Å². The zero-order valence-corrected chi connectivity index (χ0v) is 15.2. The number of thiophene rings is 1. The molecule has 1 fully saturated rings. The molecule has 0 amide bonds. The Hall–Kier alpha value is -1.86. The van der Waals surface area contributed by atoms with Crippen LogP contribution in [0.5, 0.6) is 5.75 Å². The van der Waals surface area contributed by atoms with Crippen LogP contribution >= 0.6 is 23.1 Å². The van der Waals surface area contributed by atoms with Gasteiger partial charge in [-0.2, -0.15) is 0 Å². The van der Waals surface area contributed by atoms with Gasteiger partial charge in [0.05, 0.1) is 6.61 Å². The molecule has 1 aliphatic rings. The molecule has 130 valence electrons. The van der Waals surface area contributed by atoms with Crippen molar-refractivity contribution in [3.8, 4) is 5.75 Å². The summed E-state index contributed by atoms with van der Waals surface area (Å²) >= 11 is 3.40. The number of hydrogen-bond donors (Lipinski definition) is 0. The Balaban J connectivity index is 1.36. The van der Waals surface area contributed by atoms with Crippen LogP contribution < -0.4 is 4.74 Å². The molecule has 1 aromatic carbocycles. The van der Waals surface area contributed by atoms with E-state index in [0.29, 0.717) is 18.4 Å². The quantitative estimate of drug-likeness (QED) is 0.427. The van der Waals surface area contributed by atoms with Crippen molar-refractivity contribution in [2.75, 3.05) is 12.4 Å². The monoisotopic (exact) mass is 375 g/mol. The maximum atomic E-state index is 13.1. The number of thioether (sulfide) groups is 1. The van der Waals surface area contributed by atoms with Gasteiger partial charge in [-0.25, -0.2) is 4.39 Å². The van der Waals surface area contributed by atoms with Gasteiger partial charge in [-0.1, -0.05) is 23.9 Å². The van der Waals surface area contributed by atoms with Crippen LogP contribution in [0.2, 0.25) is 0 Å². The summed E-state index contributed by atoms with van der Waals surface area (Å²) in [6, 6.07) is 11.0. The summed E-state index contributed by atoms with van der Waals surface area (Å²) in [4.78, 5) is 1.31. The normalized spacial score (nSPS) is 14.0. The van der Waals surface area contributed by atoms with E-state index < -0.39 is 0 Å². The highest BCUT2D eigenvalue weighted by Gasteiger charge is 2.29. The molecule has 0 N–H and O–H groups in total. The highest BCUT2D eigenvalue weighted by Crippen LogP contribution is 2.39. The Bertz CT molecular complexity index is 831. The standard InChI is InChI=1S/C18H18FN3OS2/c19-13-3-1-4-15(11-13)23-8-10-25-18-21-20-17(22(18)14-6-7-14)12-16-5-2-9-24-16/h1-5,9,11,14H,6-8,10,12H2. The third kappa shape index (κ3) is 4.22. The second-order valence-corrected chi connectivity index (χ2v) is 8.00. The lowest BCUT2D eigenvalue weighted by atomic mass is 10.3. The molecular formula is C18H18FN3OS2. The largest absolute Gasteiger partial charge is 0.493 e. The van der Waals surface area contributed by atoms with Crippen LogP contribution in [0.25, 0.3) is 0 Å². The smallest absolute Gasteiger partial charge is 0.191 e. The van der Waals surface area contributed by atoms with E-state index in [0.717, 1.165) is 23.2 Å². The average Bonchev–Trinajstić information content (AvgIpc) is 3.16. The van der Waals surface area contributed by atoms with E-state index in [9.17, 15) is 4.39 Å². The molecule has 0 spiro atoms. The predicted octanol–water partition coefficient (Wildman–Crippen LogP) is 4.58. The number of ether oxygens (including phenoxy) is 1. The molecule has 1 aliphatic carbocycles. The van der Waals surface area contributed by atoms with Gasteiger partial charge < -0.3 is 9.30 Å². The fourth-order valence-electron chi connectivity index (χ4n) is 2.64. The minimum absolute atomic E-state index is 0.281. The fraction of sp³-hybridized carbons (Fsp3) is 0.333. The molecule has 0 saturated heterocycles. The minimum atomic E-state index is -0.281. The zero-order chi connectivity index (χ0) is 17.1. The SMILES string of the molecule is Fc1cccc(OCCSc2nnc(Cc3cccs3)n2C2CC2)c1. The summed E-state index contributed by atoms with van der Waals surface area (Å²) in [5.41, 5.74) is 0. The molecule has 0 radical (unpaired) electrons. The first-order chi connectivity index (χ1) is 12.3.